The molecule has 0 saturated heterocycles. The van der Waals surface area contributed by atoms with Crippen LogP contribution < -0.4 is 5.43 Å². The molecule has 6 heteroatoms. The Morgan fingerprint density at radius 3 is 3.21 bits per heavy atom. The fourth-order valence-electron chi connectivity index (χ4n) is 2.05. The largest absolute Gasteiger partial charge is 0.508 e. The molecule has 3 N–H and O–H groups in total. The number of hydrogen-bond donors (Lipinski definition) is 3. The van der Waals surface area contributed by atoms with Crippen LogP contribution in [0.1, 0.15) is 5.56 Å². The number of nitrogens with zero attached hydrogens (tertiary/aromatic N) is 3. The predicted molar refractivity (Wildman–Crippen MR) is 75.6 cm³/mol. The number of guanidine groups is 1. The van der Waals surface area contributed by atoms with Crippen LogP contribution in [-0.4, -0.2) is 47.3 Å². The summed E-state index contributed by atoms with van der Waals surface area (Å²) in [6.07, 6.45) is 3.57. The Hall–Kier alpha value is -2.50. The van der Waals surface area contributed by atoms with Gasteiger partial charge in [0.05, 0.1) is 12.8 Å². The molecule has 1 aliphatic heterocycles. The summed E-state index contributed by atoms with van der Waals surface area (Å²) in [6, 6.07) is 5.21. The second-order valence-corrected chi connectivity index (χ2v) is 4.47. The average Bonchev–Trinajstić information content (AvgIpc) is 2.97. The summed E-state index contributed by atoms with van der Waals surface area (Å²) in [4.78, 5) is 9.43. The first-order valence-corrected chi connectivity index (χ1v) is 6.09. The molecule has 0 unspecified atom stereocenters. The van der Waals surface area contributed by atoms with Crippen molar-refractivity contribution in [2.45, 2.75) is 0 Å². The monoisotopic (exact) mass is 257 g/mol. The molecule has 1 aromatic carbocycles. The third kappa shape index (κ3) is 2.24. The van der Waals surface area contributed by atoms with E-state index in [2.05, 4.69) is 20.5 Å². The highest BCUT2D eigenvalue weighted by Gasteiger charge is 2.10. The van der Waals surface area contributed by atoms with Crippen LogP contribution in [0.5, 0.6) is 5.75 Å². The van der Waals surface area contributed by atoms with E-state index in [0.29, 0.717) is 0 Å². The normalized spacial score (nSPS) is 15.4. The minimum atomic E-state index is 0.245. The highest BCUT2D eigenvalue weighted by Crippen LogP contribution is 2.21. The zero-order valence-corrected chi connectivity index (χ0v) is 10.6. The molecule has 0 fully saturated rings. The van der Waals surface area contributed by atoms with Gasteiger partial charge in [-0.05, 0) is 18.2 Å². The van der Waals surface area contributed by atoms with Crippen molar-refractivity contribution in [1.82, 2.24) is 15.3 Å². The molecule has 0 aliphatic carbocycles. The van der Waals surface area contributed by atoms with Gasteiger partial charge in [-0.15, -0.1) is 0 Å². The molecule has 2 aromatic rings. The Balaban J connectivity index is 1.79. The minimum absolute atomic E-state index is 0.245. The Morgan fingerprint density at radius 1 is 1.53 bits per heavy atom. The fraction of sp³-hybridized carbons (Fsp3) is 0.231. The molecular formula is C13H15N5O. The first-order valence-electron chi connectivity index (χ1n) is 6.09. The van der Waals surface area contributed by atoms with Crippen LogP contribution >= 0.6 is 0 Å². The quantitative estimate of drug-likeness (QED) is 0.557. The van der Waals surface area contributed by atoms with E-state index in [1.807, 2.05) is 24.2 Å². The first kappa shape index (κ1) is 11.6. The highest BCUT2D eigenvalue weighted by atomic mass is 16.3. The van der Waals surface area contributed by atoms with Gasteiger partial charge in [0.25, 0.3) is 0 Å². The number of aromatic nitrogens is 1. The number of aliphatic imine (C=N–C) groups is 1. The smallest absolute Gasteiger partial charge is 0.214 e. The number of fused-ring (bicyclic) bond motifs is 1. The predicted octanol–water partition coefficient (Wildman–Crippen LogP) is 1.10. The van der Waals surface area contributed by atoms with Crippen LogP contribution in [0, 0.1) is 0 Å². The second kappa shape index (κ2) is 4.64. The number of hydrazone groups is 1. The number of hydrogen-bond acceptors (Lipinski definition) is 5. The van der Waals surface area contributed by atoms with E-state index in [-0.39, 0.29) is 5.75 Å². The Bertz CT molecular complexity index is 658. The lowest BCUT2D eigenvalue weighted by Gasteiger charge is -2.11. The van der Waals surface area contributed by atoms with Crippen molar-refractivity contribution in [2.24, 2.45) is 10.1 Å². The molecule has 1 aliphatic rings. The third-order valence-electron chi connectivity index (χ3n) is 3.12. The van der Waals surface area contributed by atoms with Crippen LogP contribution in [0.2, 0.25) is 0 Å². The molecule has 2 heterocycles. The van der Waals surface area contributed by atoms with Gasteiger partial charge in [-0.2, -0.15) is 5.10 Å². The summed E-state index contributed by atoms with van der Waals surface area (Å²) in [7, 11) is 1.97. The van der Waals surface area contributed by atoms with Crippen molar-refractivity contribution in [1.29, 1.82) is 0 Å². The van der Waals surface area contributed by atoms with Gasteiger partial charge >= 0.3 is 0 Å². The van der Waals surface area contributed by atoms with Gasteiger partial charge in [-0.3, -0.25) is 0 Å². The van der Waals surface area contributed by atoms with E-state index < -0.39 is 0 Å². The Kier molecular flexibility index (Phi) is 2.83. The van der Waals surface area contributed by atoms with Gasteiger partial charge in [0.2, 0.25) is 5.96 Å². The van der Waals surface area contributed by atoms with Crippen LogP contribution in [-0.2, 0) is 0 Å². The van der Waals surface area contributed by atoms with E-state index in [0.717, 1.165) is 35.5 Å². The minimum Gasteiger partial charge on any atom is -0.508 e. The molecule has 0 atom stereocenters. The Morgan fingerprint density at radius 2 is 2.42 bits per heavy atom. The van der Waals surface area contributed by atoms with Gasteiger partial charge in [0.15, 0.2) is 0 Å². The summed E-state index contributed by atoms with van der Waals surface area (Å²) in [5.41, 5.74) is 4.80. The van der Waals surface area contributed by atoms with Crippen molar-refractivity contribution in [3.05, 3.63) is 30.0 Å². The van der Waals surface area contributed by atoms with Crippen molar-refractivity contribution in [3.8, 4) is 5.75 Å². The molecule has 6 nitrogen and oxygen atoms in total. The zero-order valence-electron chi connectivity index (χ0n) is 10.6. The van der Waals surface area contributed by atoms with Crippen LogP contribution in [0.25, 0.3) is 10.9 Å². The number of H-pyrrole nitrogens is 1. The number of aromatic amines is 1. The first-order chi connectivity index (χ1) is 9.24. The maximum absolute atomic E-state index is 9.51. The van der Waals surface area contributed by atoms with E-state index >= 15 is 0 Å². The average molecular weight is 257 g/mol. The zero-order chi connectivity index (χ0) is 13.2. The molecular weight excluding hydrogens is 242 g/mol. The third-order valence-corrected chi connectivity index (χ3v) is 3.12. The van der Waals surface area contributed by atoms with E-state index in [1.165, 1.54) is 0 Å². The molecule has 0 amide bonds. The highest BCUT2D eigenvalue weighted by molar-refractivity contribution is 5.99. The number of likely N-dealkylation sites (N-methyl/N-ethyl adjacent to an activating group) is 1. The summed E-state index contributed by atoms with van der Waals surface area (Å²) in [6.45, 7) is 1.72. The number of phenolic OH excluding ortho intramolecular Hbond substituents is 1. The lowest BCUT2D eigenvalue weighted by molar-refractivity contribution is 0.476. The van der Waals surface area contributed by atoms with Crippen molar-refractivity contribution >= 4 is 23.1 Å². The van der Waals surface area contributed by atoms with E-state index in [4.69, 9.17) is 0 Å². The lowest BCUT2D eigenvalue weighted by Crippen LogP contribution is -2.32. The van der Waals surface area contributed by atoms with Crippen molar-refractivity contribution in [2.75, 3.05) is 20.1 Å². The van der Waals surface area contributed by atoms with Crippen molar-refractivity contribution < 1.29 is 5.11 Å². The van der Waals surface area contributed by atoms with Gasteiger partial charge in [-0.1, -0.05) is 0 Å². The molecule has 0 radical (unpaired) electrons. The van der Waals surface area contributed by atoms with E-state index in [1.54, 1.807) is 18.3 Å². The molecule has 0 spiro atoms. The number of aromatic hydroxyl groups is 1. The molecule has 1 aromatic heterocycles. The van der Waals surface area contributed by atoms with Crippen molar-refractivity contribution in [3.63, 3.8) is 0 Å². The van der Waals surface area contributed by atoms with Gasteiger partial charge < -0.3 is 15.0 Å². The summed E-state index contributed by atoms with van der Waals surface area (Å²) in [5, 5.41) is 14.6. The summed E-state index contributed by atoms with van der Waals surface area (Å²) in [5.74, 6) is 1.02. The number of phenols is 1. The molecule has 0 saturated carbocycles. The summed E-state index contributed by atoms with van der Waals surface area (Å²) < 4.78 is 0. The molecule has 98 valence electrons. The number of nitrogens with one attached hydrogen (secondary N) is 2. The maximum Gasteiger partial charge on any atom is 0.214 e. The standard InChI is InChI=1S/C13H15N5O/c1-18-5-4-14-13(18)17-16-8-9-7-15-12-3-2-10(19)6-11(9)12/h2-3,6-8,15,19H,4-5H2,1H3,(H,14,17)/b16-8+. The molecule has 3 rings (SSSR count). The van der Waals surface area contributed by atoms with Gasteiger partial charge in [0, 0.05) is 36.3 Å². The SMILES string of the molecule is CN1CCN=C1N/N=C/c1c[nH]c2ccc(O)cc12. The van der Waals surface area contributed by atoms with Gasteiger partial charge in [0.1, 0.15) is 5.75 Å². The summed E-state index contributed by atoms with van der Waals surface area (Å²) >= 11 is 0. The van der Waals surface area contributed by atoms with Gasteiger partial charge in [-0.25, -0.2) is 10.4 Å². The molecule has 0 bridgehead atoms. The Labute approximate surface area is 110 Å². The van der Waals surface area contributed by atoms with Crippen LogP contribution in [0.4, 0.5) is 0 Å². The van der Waals surface area contributed by atoms with Crippen LogP contribution in [0.15, 0.2) is 34.5 Å². The number of rotatable bonds is 2. The molecule has 19 heavy (non-hydrogen) atoms. The van der Waals surface area contributed by atoms with Crippen LogP contribution in [0.3, 0.4) is 0 Å². The maximum atomic E-state index is 9.51. The number of benzene rings is 1. The fourth-order valence-corrected chi connectivity index (χ4v) is 2.05. The lowest BCUT2D eigenvalue weighted by atomic mass is 10.2. The topological polar surface area (TPSA) is 76.0 Å². The second-order valence-electron chi connectivity index (χ2n) is 4.47. The van der Waals surface area contributed by atoms with E-state index in [9.17, 15) is 5.11 Å².